The van der Waals surface area contributed by atoms with Crippen LogP contribution in [0.15, 0.2) is 29.3 Å². The minimum atomic E-state index is 0.622. The number of hydrogen-bond donors (Lipinski definition) is 1. The van der Waals surface area contributed by atoms with E-state index >= 15 is 0 Å². The lowest BCUT2D eigenvalue weighted by Gasteiger charge is -1.89. The van der Waals surface area contributed by atoms with E-state index in [2.05, 4.69) is 25.3 Å². The number of rotatable bonds is 1. The quantitative estimate of drug-likeness (QED) is 0.545. The van der Waals surface area contributed by atoms with Crippen molar-refractivity contribution >= 4 is 16.7 Å². The van der Waals surface area contributed by atoms with E-state index < -0.39 is 0 Å². The first kappa shape index (κ1) is 9.34. The third-order valence-corrected chi connectivity index (χ3v) is 2.89. The minimum absolute atomic E-state index is 0.622. The van der Waals surface area contributed by atoms with Gasteiger partial charge in [-0.25, -0.2) is 14.5 Å². The first-order chi connectivity index (χ1) is 8.83. The Labute approximate surface area is 100 Å². The SMILES string of the molecule is Cc1occc1-c1nc2c3cn[nH]c3ncn2n1. The standard InChI is InChI=1S/C11H8N6O/c1-6-7(2-3-18-6)10-14-11-8-4-13-15-9(8)12-5-17(11)16-10/h2-5H,1H3,(H,13,15). The lowest BCUT2D eigenvalue weighted by atomic mass is 10.2. The van der Waals surface area contributed by atoms with Gasteiger partial charge in [-0.05, 0) is 13.0 Å². The Morgan fingerprint density at radius 2 is 2.33 bits per heavy atom. The highest BCUT2D eigenvalue weighted by Crippen LogP contribution is 2.23. The van der Waals surface area contributed by atoms with Gasteiger partial charge in [-0.1, -0.05) is 0 Å². The van der Waals surface area contributed by atoms with Crippen molar-refractivity contribution in [1.29, 1.82) is 0 Å². The number of H-pyrrole nitrogens is 1. The van der Waals surface area contributed by atoms with E-state index in [1.807, 2.05) is 13.0 Å². The van der Waals surface area contributed by atoms with E-state index in [4.69, 9.17) is 4.42 Å². The van der Waals surface area contributed by atoms with Gasteiger partial charge in [0, 0.05) is 0 Å². The molecule has 0 amide bonds. The number of aryl methyl sites for hydroxylation is 1. The van der Waals surface area contributed by atoms with Gasteiger partial charge in [-0.15, -0.1) is 5.10 Å². The summed E-state index contributed by atoms with van der Waals surface area (Å²) in [6.07, 6.45) is 4.93. The van der Waals surface area contributed by atoms with Gasteiger partial charge in [0.05, 0.1) is 23.4 Å². The second kappa shape index (κ2) is 3.16. The maximum atomic E-state index is 5.26. The van der Waals surface area contributed by atoms with Crippen LogP contribution in [0.4, 0.5) is 0 Å². The Bertz CT molecular complexity index is 855. The molecule has 0 unspecified atom stereocenters. The average Bonchev–Trinajstić information content (AvgIpc) is 3.04. The molecular formula is C11H8N6O. The van der Waals surface area contributed by atoms with Crippen molar-refractivity contribution in [3.05, 3.63) is 30.6 Å². The molecule has 0 saturated carbocycles. The molecule has 7 nitrogen and oxygen atoms in total. The molecule has 0 atom stereocenters. The van der Waals surface area contributed by atoms with E-state index in [-0.39, 0.29) is 0 Å². The van der Waals surface area contributed by atoms with Crippen LogP contribution in [-0.4, -0.2) is 29.8 Å². The summed E-state index contributed by atoms with van der Waals surface area (Å²) in [5.41, 5.74) is 2.31. The molecule has 0 fully saturated rings. The van der Waals surface area contributed by atoms with Crippen LogP contribution in [-0.2, 0) is 0 Å². The molecule has 18 heavy (non-hydrogen) atoms. The van der Waals surface area contributed by atoms with Crippen LogP contribution in [0, 0.1) is 6.92 Å². The first-order valence-electron chi connectivity index (χ1n) is 5.42. The van der Waals surface area contributed by atoms with Crippen LogP contribution in [0.3, 0.4) is 0 Å². The summed E-state index contributed by atoms with van der Waals surface area (Å²) in [5, 5.41) is 12.0. The van der Waals surface area contributed by atoms with E-state index in [1.54, 1.807) is 23.3 Å². The summed E-state index contributed by atoms with van der Waals surface area (Å²) in [7, 11) is 0. The summed E-state index contributed by atoms with van der Waals surface area (Å²) in [6, 6.07) is 1.85. The fourth-order valence-corrected chi connectivity index (χ4v) is 1.97. The second-order valence-electron chi connectivity index (χ2n) is 3.97. The maximum Gasteiger partial charge on any atom is 0.185 e. The van der Waals surface area contributed by atoms with Crippen molar-refractivity contribution in [2.75, 3.05) is 0 Å². The van der Waals surface area contributed by atoms with Gasteiger partial charge in [0.15, 0.2) is 17.1 Å². The molecule has 0 saturated heterocycles. The summed E-state index contributed by atoms with van der Waals surface area (Å²) >= 11 is 0. The van der Waals surface area contributed by atoms with Crippen LogP contribution in [0.2, 0.25) is 0 Å². The Morgan fingerprint density at radius 3 is 3.17 bits per heavy atom. The Hall–Kier alpha value is -2.70. The highest BCUT2D eigenvalue weighted by molar-refractivity contribution is 5.88. The monoisotopic (exact) mass is 240 g/mol. The molecule has 4 aromatic heterocycles. The number of aromatic nitrogens is 6. The van der Waals surface area contributed by atoms with Crippen molar-refractivity contribution < 1.29 is 4.42 Å². The largest absolute Gasteiger partial charge is 0.469 e. The molecule has 0 spiro atoms. The normalized spacial score (nSPS) is 11.6. The zero-order valence-electron chi connectivity index (χ0n) is 9.45. The van der Waals surface area contributed by atoms with E-state index in [0.29, 0.717) is 11.5 Å². The highest BCUT2D eigenvalue weighted by Gasteiger charge is 2.13. The molecule has 0 bridgehead atoms. The predicted molar refractivity (Wildman–Crippen MR) is 62.9 cm³/mol. The van der Waals surface area contributed by atoms with Crippen LogP contribution in [0.1, 0.15) is 5.76 Å². The number of nitrogens with zero attached hydrogens (tertiary/aromatic N) is 5. The molecule has 88 valence electrons. The van der Waals surface area contributed by atoms with E-state index in [0.717, 1.165) is 22.4 Å². The smallest absolute Gasteiger partial charge is 0.185 e. The number of nitrogens with one attached hydrogen (secondary N) is 1. The summed E-state index contributed by atoms with van der Waals surface area (Å²) in [6.45, 7) is 1.88. The minimum Gasteiger partial charge on any atom is -0.469 e. The van der Waals surface area contributed by atoms with E-state index in [9.17, 15) is 0 Å². The average molecular weight is 240 g/mol. The molecule has 7 heteroatoms. The zero-order valence-corrected chi connectivity index (χ0v) is 9.45. The van der Waals surface area contributed by atoms with E-state index in [1.165, 1.54) is 0 Å². The molecule has 0 radical (unpaired) electrons. The van der Waals surface area contributed by atoms with Crippen molar-refractivity contribution in [1.82, 2.24) is 29.8 Å². The third kappa shape index (κ3) is 1.12. The highest BCUT2D eigenvalue weighted by atomic mass is 16.3. The number of hydrogen-bond acceptors (Lipinski definition) is 5. The van der Waals surface area contributed by atoms with Gasteiger partial charge in [0.1, 0.15) is 12.1 Å². The Kier molecular flexibility index (Phi) is 1.64. The zero-order chi connectivity index (χ0) is 12.1. The lowest BCUT2D eigenvalue weighted by Crippen LogP contribution is -1.89. The van der Waals surface area contributed by atoms with Crippen LogP contribution in [0.25, 0.3) is 28.1 Å². The van der Waals surface area contributed by atoms with Crippen molar-refractivity contribution in [2.45, 2.75) is 6.92 Å². The maximum absolute atomic E-state index is 5.26. The number of fused-ring (bicyclic) bond motifs is 3. The van der Waals surface area contributed by atoms with Gasteiger partial charge in [-0.3, -0.25) is 5.10 Å². The Morgan fingerprint density at radius 1 is 1.39 bits per heavy atom. The topological polar surface area (TPSA) is 84.9 Å². The number of furan rings is 1. The molecule has 0 aromatic carbocycles. The molecule has 4 heterocycles. The van der Waals surface area contributed by atoms with Gasteiger partial charge < -0.3 is 4.42 Å². The van der Waals surface area contributed by atoms with Gasteiger partial charge in [0.2, 0.25) is 0 Å². The molecule has 4 aromatic rings. The summed E-state index contributed by atoms with van der Waals surface area (Å²) in [4.78, 5) is 8.71. The Balaban J connectivity index is 2.07. The molecule has 0 aliphatic heterocycles. The summed E-state index contributed by atoms with van der Waals surface area (Å²) < 4.78 is 6.90. The molecule has 0 aliphatic carbocycles. The predicted octanol–water partition coefficient (Wildman–Crippen LogP) is 1.57. The molecule has 1 N–H and O–H groups in total. The van der Waals surface area contributed by atoms with Crippen molar-refractivity contribution in [2.24, 2.45) is 0 Å². The van der Waals surface area contributed by atoms with Gasteiger partial charge in [0.25, 0.3) is 0 Å². The molecule has 0 aliphatic rings. The fraction of sp³-hybridized carbons (Fsp3) is 0.0909. The van der Waals surface area contributed by atoms with Crippen molar-refractivity contribution in [3.8, 4) is 11.4 Å². The van der Waals surface area contributed by atoms with Crippen LogP contribution < -0.4 is 0 Å². The molecule has 4 rings (SSSR count). The molecular weight excluding hydrogens is 232 g/mol. The van der Waals surface area contributed by atoms with Gasteiger partial charge in [-0.2, -0.15) is 5.10 Å². The summed E-state index contributed by atoms with van der Waals surface area (Å²) in [5.74, 6) is 1.42. The third-order valence-electron chi connectivity index (χ3n) is 2.89. The van der Waals surface area contributed by atoms with Crippen LogP contribution in [0.5, 0.6) is 0 Å². The lowest BCUT2D eigenvalue weighted by molar-refractivity contribution is 0.535. The first-order valence-corrected chi connectivity index (χ1v) is 5.42. The number of aromatic amines is 1. The second-order valence-corrected chi connectivity index (χ2v) is 3.97. The fourth-order valence-electron chi connectivity index (χ4n) is 1.97. The van der Waals surface area contributed by atoms with Crippen LogP contribution >= 0.6 is 0 Å². The van der Waals surface area contributed by atoms with Gasteiger partial charge >= 0.3 is 0 Å². The van der Waals surface area contributed by atoms with Crippen molar-refractivity contribution in [3.63, 3.8) is 0 Å².